The second-order valence-electron chi connectivity index (χ2n) is 3.03. The molecule has 0 amide bonds. The molecule has 2 rings (SSSR count). The third-order valence-corrected chi connectivity index (χ3v) is 2.94. The largest absolute Gasteiger partial charge is 0.248 e. The van der Waals surface area contributed by atoms with Gasteiger partial charge in [-0.15, -0.1) is 11.3 Å². The maximum atomic E-state index is 9.10. The van der Waals surface area contributed by atoms with Crippen molar-refractivity contribution in [2.75, 3.05) is 0 Å². The number of rotatable bonds is 2. The average molecular weight is 235 g/mol. The highest BCUT2D eigenvalue weighted by atomic mass is 35.5. The van der Waals surface area contributed by atoms with E-state index in [2.05, 4.69) is 11.1 Å². The molecule has 74 valence electrons. The molecule has 0 radical (unpaired) electrons. The Kier molecular flexibility index (Phi) is 3.00. The Balaban J connectivity index is 2.37. The molecule has 1 heterocycles. The lowest BCUT2D eigenvalue weighted by Crippen LogP contribution is -1.97. The van der Waals surface area contributed by atoms with Gasteiger partial charge in [-0.05, 0) is 17.7 Å². The smallest absolute Gasteiger partial charge is 0.114 e. The SMILES string of the molecule is N#CC(c1ccc(Cl)cc1)c1cscn1. The predicted molar refractivity (Wildman–Crippen MR) is 61.0 cm³/mol. The van der Waals surface area contributed by atoms with Gasteiger partial charge in [-0.3, -0.25) is 0 Å². The number of nitriles is 1. The summed E-state index contributed by atoms with van der Waals surface area (Å²) >= 11 is 7.28. The number of hydrogen-bond donors (Lipinski definition) is 0. The van der Waals surface area contributed by atoms with Crippen LogP contribution < -0.4 is 0 Å². The van der Waals surface area contributed by atoms with E-state index in [-0.39, 0.29) is 5.92 Å². The Morgan fingerprint density at radius 3 is 2.60 bits per heavy atom. The quantitative estimate of drug-likeness (QED) is 0.798. The summed E-state index contributed by atoms with van der Waals surface area (Å²) in [6, 6.07) is 9.53. The molecule has 1 atom stereocenters. The number of hydrogen-bond acceptors (Lipinski definition) is 3. The first-order valence-corrected chi connectivity index (χ1v) is 5.66. The van der Waals surface area contributed by atoms with E-state index in [1.54, 1.807) is 17.6 Å². The lowest BCUT2D eigenvalue weighted by atomic mass is 9.98. The van der Waals surface area contributed by atoms with Crippen LogP contribution in [0.2, 0.25) is 5.02 Å². The fourth-order valence-corrected chi connectivity index (χ4v) is 2.04. The van der Waals surface area contributed by atoms with E-state index in [0.29, 0.717) is 5.02 Å². The monoisotopic (exact) mass is 234 g/mol. The fourth-order valence-electron chi connectivity index (χ4n) is 1.33. The van der Waals surface area contributed by atoms with Crippen molar-refractivity contribution in [3.05, 3.63) is 51.4 Å². The van der Waals surface area contributed by atoms with E-state index < -0.39 is 0 Å². The molecule has 2 aromatic rings. The summed E-state index contributed by atoms with van der Waals surface area (Å²) in [7, 11) is 0. The lowest BCUT2D eigenvalue weighted by molar-refractivity contribution is 0.985. The van der Waals surface area contributed by atoms with Gasteiger partial charge < -0.3 is 0 Å². The van der Waals surface area contributed by atoms with Crippen molar-refractivity contribution in [3.8, 4) is 6.07 Å². The molecule has 0 saturated carbocycles. The zero-order valence-electron chi connectivity index (χ0n) is 7.72. The molecule has 0 N–H and O–H groups in total. The molecular weight excluding hydrogens is 228 g/mol. The molecule has 0 spiro atoms. The Morgan fingerprint density at radius 2 is 2.07 bits per heavy atom. The molecule has 15 heavy (non-hydrogen) atoms. The van der Waals surface area contributed by atoms with Crippen LogP contribution >= 0.6 is 22.9 Å². The van der Waals surface area contributed by atoms with Gasteiger partial charge in [-0.2, -0.15) is 5.26 Å². The molecule has 4 heteroatoms. The van der Waals surface area contributed by atoms with Crippen LogP contribution in [0, 0.1) is 11.3 Å². The minimum atomic E-state index is -0.298. The first kappa shape index (κ1) is 10.2. The van der Waals surface area contributed by atoms with Crippen LogP contribution in [0.1, 0.15) is 17.2 Å². The maximum absolute atomic E-state index is 9.10. The molecule has 2 nitrogen and oxygen atoms in total. The van der Waals surface area contributed by atoms with Crippen molar-refractivity contribution < 1.29 is 0 Å². The highest BCUT2D eigenvalue weighted by Crippen LogP contribution is 2.24. The summed E-state index contributed by atoms with van der Waals surface area (Å²) in [5.74, 6) is -0.298. The van der Waals surface area contributed by atoms with Gasteiger partial charge in [-0.1, -0.05) is 23.7 Å². The lowest BCUT2D eigenvalue weighted by Gasteiger charge is -2.05. The fraction of sp³-hybridized carbons (Fsp3) is 0.0909. The highest BCUT2D eigenvalue weighted by Gasteiger charge is 2.14. The zero-order valence-corrected chi connectivity index (χ0v) is 9.29. The average Bonchev–Trinajstić information content (AvgIpc) is 2.75. The van der Waals surface area contributed by atoms with Crippen LogP contribution in [0.3, 0.4) is 0 Å². The Labute approximate surface area is 96.8 Å². The minimum absolute atomic E-state index is 0.298. The standard InChI is InChI=1S/C11H7ClN2S/c12-9-3-1-8(2-4-9)10(5-13)11-6-15-7-14-11/h1-4,6-7,10H. The molecule has 0 bridgehead atoms. The molecule has 0 aliphatic rings. The molecule has 0 saturated heterocycles. The Morgan fingerprint density at radius 1 is 1.33 bits per heavy atom. The van der Waals surface area contributed by atoms with Gasteiger partial charge in [0.1, 0.15) is 5.92 Å². The van der Waals surface area contributed by atoms with Crippen LogP contribution in [0.15, 0.2) is 35.2 Å². The van der Waals surface area contributed by atoms with Crippen LogP contribution in [-0.2, 0) is 0 Å². The number of nitrogens with zero attached hydrogens (tertiary/aromatic N) is 2. The summed E-state index contributed by atoms with van der Waals surface area (Å²) in [4.78, 5) is 4.15. The van der Waals surface area contributed by atoms with Crippen LogP contribution in [0.25, 0.3) is 0 Å². The van der Waals surface area contributed by atoms with E-state index in [0.717, 1.165) is 11.3 Å². The summed E-state index contributed by atoms with van der Waals surface area (Å²) in [5, 5.41) is 11.7. The van der Waals surface area contributed by atoms with Gasteiger partial charge in [0.05, 0.1) is 17.3 Å². The molecular formula is C11H7ClN2S. The highest BCUT2D eigenvalue weighted by molar-refractivity contribution is 7.07. The van der Waals surface area contributed by atoms with Crippen molar-refractivity contribution in [1.29, 1.82) is 5.26 Å². The third-order valence-electron chi connectivity index (χ3n) is 2.08. The van der Waals surface area contributed by atoms with Crippen molar-refractivity contribution in [2.24, 2.45) is 0 Å². The van der Waals surface area contributed by atoms with Gasteiger partial charge in [0.2, 0.25) is 0 Å². The topological polar surface area (TPSA) is 36.7 Å². The van der Waals surface area contributed by atoms with E-state index in [1.165, 1.54) is 11.3 Å². The number of halogens is 1. The van der Waals surface area contributed by atoms with E-state index in [1.807, 2.05) is 17.5 Å². The normalized spacial score (nSPS) is 12.0. The number of benzene rings is 1. The molecule has 1 aromatic heterocycles. The van der Waals surface area contributed by atoms with Gasteiger partial charge in [0.15, 0.2) is 0 Å². The second-order valence-corrected chi connectivity index (χ2v) is 4.18. The number of thiazole rings is 1. The maximum Gasteiger partial charge on any atom is 0.114 e. The van der Waals surface area contributed by atoms with Crippen molar-refractivity contribution in [3.63, 3.8) is 0 Å². The molecule has 0 aliphatic carbocycles. The van der Waals surface area contributed by atoms with Crippen LogP contribution in [-0.4, -0.2) is 4.98 Å². The molecule has 1 aromatic carbocycles. The van der Waals surface area contributed by atoms with E-state index >= 15 is 0 Å². The second kappa shape index (κ2) is 4.43. The van der Waals surface area contributed by atoms with Gasteiger partial charge >= 0.3 is 0 Å². The molecule has 0 fully saturated rings. The summed E-state index contributed by atoms with van der Waals surface area (Å²) in [6.07, 6.45) is 0. The van der Waals surface area contributed by atoms with Gasteiger partial charge in [-0.25, -0.2) is 4.98 Å². The van der Waals surface area contributed by atoms with Crippen LogP contribution in [0.4, 0.5) is 0 Å². The first-order chi connectivity index (χ1) is 7.31. The van der Waals surface area contributed by atoms with Crippen LogP contribution in [0.5, 0.6) is 0 Å². The summed E-state index contributed by atoms with van der Waals surface area (Å²) in [6.45, 7) is 0. The van der Waals surface area contributed by atoms with Crippen molar-refractivity contribution >= 4 is 22.9 Å². The first-order valence-electron chi connectivity index (χ1n) is 4.34. The third kappa shape index (κ3) is 2.17. The van der Waals surface area contributed by atoms with Crippen molar-refractivity contribution in [2.45, 2.75) is 5.92 Å². The van der Waals surface area contributed by atoms with E-state index in [4.69, 9.17) is 16.9 Å². The summed E-state index contributed by atoms with van der Waals surface area (Å²) < 4.78 is 0. The summed E-state index contributed by atoms with van der Waals surface area (Å²) in [5.41, 5.74) is 3.45. The minimum Gasteiger partial charge on any atom is -0.248 e. The van der Waals surface area contributed by atoms with Gasteiger partial charge in [0.25, 0.3) is 0 Å². The van der Waals surface area contributed by atoms with E-state index in [9.17, 15) is 0 Å². The van der Waals surface area contributed by atoms with Gasteiger partial charge in [0, 0.05) is 10.4 Å². The molecule has 1 unspecified atom stereocenters. The van der Waals surface area contributed by atoms with Crippen molar-refractivity contribution in [1.82, 2.24) is 4.98 Å². The Bertz CT molecular complexity index is 470. The zero-order chi connectivity index (χ0) is 10.7. The Hall–Kier alpha value is -1.37. The number of aromatic nitrogens is 1. The molecule has 0 aliphatic heterocycles. The predicted octanol–water partition coefficient (Wildman–Crippen LogP) is 3.45.